The molecule has 1 saturated heterocycles. The molecule has 1 N–H and O–H groups in total. The van der Waals surface area contributed by atoms with Crippen LogP contribution in [0, 0.1) is 6.92 Å². The smallest absolute Gasteiger partial charge is 0.193 e. The monoisotopic (exact) mass is 460 g/mol. The van der Waals surface area contributed by atoms with Gasteiger partial charge in [0, 0.05) is 45.8 Å². The second-order valence-corrected chi connectivity index (χ2v) is 6.78. The molecule has 1 aromatic rings. The van der Waals surface area contributed by atoms with Crippen LogP contribution >= 0.6 is 24.0 Å². The molecule has 1 aliphatic rings. The maximum atomic E-state index is 5.53. The highest BCUT2D eigenvalue weighted by Gasteiger charge is 2.23. The third kappa shape index (κ3) is 6.75. The number of hydrogen-bond acceptors (Lipinski definition) is 3. The molecule has 2 atom stereocenters. The van der Waals surface area contributed by atoms with E-state index >= 15 is 0 Å². The van der Waals surface area contributed by atoms with Gasteiger partial charge in [0.05, 0.1) is 13.2 Å². The SMILES string of the molecule is CN=C(NCC(C)N1CCOCC1C)N(C)Cc1ccc(C)cc1.I. The van der Waals surface area contributed by atoms with Crippen LogP contribution in [0.5, 0.6) is 0 Å². The molecule has 0 bridgehead atoms. The lowest BCUT2D eigenvalue weighted by molar-refractivity contribution is -0.0175. The summed E-state index contributed by atoms with van der Waals surface area (Å²) in [6, 6.07) is 9.59. The fourth-order valence-electron chi connectivity index (χ4n) is 3.18. The first-order valence-electron chi connectivity index (χ1n) is 8.82. The number of guanidine groups is 1. The van der Waals surface area contributed by atoms with Crippen molar-refractivity contribution in [1.82, 2.24) is 15.1 Å². The fourth-order valence-corrected chi connectivity index (χ4v) is 3.18. The van der Waals surface area contributed by atoms with Gasteiger partial charge in [0.25, 0.3) is 0 Å². The van der Waals surface area contributed by atoms with Crippen molar-refractivity contribution in [3.8, 4) is 0 Å². The van der Waals surface area contributed by atoms with Crippen molar-refractivity contribution in [2.24, 2.45) is 4.99 Å². The molecule has 0 spiro atoms. The van der Waals surface area contributed by atoms with Crippen LogP contribution in [0.2, 0.25) is 0 Å². The largest absolute Gasteiger partial charge is 0.379 e. The maximum absolute atomic E-state index is 5.53. The molecule has 0 amide bonds. The van der Waals surface area contributed by atoms with E-state index in [1.54, 1.807) is 0 Å². The molecular formula is C19H33IN4O. The molecule has 5 nitrogen and oxygen atoms in total. The van der Waals surface area contributed by atoms with E-state index < -0.39 is 0 Å². The lowest BCUT2D eigenvalue weighted by Gasteiger charge is -2.38. The predicted molar refractivity (Wildman–Crippen MR) is 116 cm³/mol. The van der Waals surface area contributed by atoms with E-state index in [0.717, 1.165) is 38.8 Å². The topological polar surface area (TPSA) is 40.1 Å². The van der Waals surface area contributed by atoms with Crippen LogP contribution in [0.15, 0.2) is 29.3 Å². The summed E-state index contributed by atoms with van der Waals surface area (Å²) < 4.78 is 5.53. The van der Waals surface area contributed by atoms with E-state index in [0.29, 0.717) is 12.1 Å². The number of aliphatic imine (C=N–C) groups is 1. The molecule has 0 aliphatic carbocycles. The minimum atomic E-state index is 0. The minimum Gasteiger partial charge on any atom is -0.379 e. The molecular weight excluding hydrogens is 427 g/mol. The van der Waals surface area contributed by atoms with Gasteiger partial charge in [0.15, 0.2) is 5.96 Å². The molecule has 0 radical (unpaired) electrons. The predicted octanol–water partition coefficient (Wildman–Crippen LogP) is 2.73. The van der Waals surface area contributed by atoms with Crippen LogP contribution in [-0.4, -0.2) is 68.2 Å². The Labute approximate surface area is 169 Å². The second kappa shape index (κ2) is 11.0. The van der Waals surface area contributed by atoms with Crippen molar-refractivity contribution < 1.29 is 4.74 Å². The Morgan fingerprint density at radius 1 is 1.40 bits per heavy atom. The summed E-state index contributed by atoms with van der Waals surface area (Å²) in [5, 5.41) is 3.51. The van der Waals surface area contributed by atoms with Crippen molar-refractivity contribution in [3.63, 3.8) is 0 Å². The Kier molecular flexibility index (Phi) is 9.74. The van der Waals surface area contributed by atoms with Gasteiger partial charge in [-0.05, 0) is 26.3 Å². The minimum absolute atomic E-state index is 0. The number of ether oxygens (including phenoxy) is 1. The van der Waals surface area contributed by atoms with Gasteiger partial charge in [-0.3, -0.25) is 9.89 Å². The Hall–Kier alpha value is -0.860. The van der Waals surface area contributed by atoms with Gasteiger partial charge < -0.3 is 15.0 Å². The number of hydrogen-bond donors (Lipinski definition) is 1. The summed E-state index contributed by atoms with van der Waals surface area (Å²) in [5.41, 5.74) is 2.58. The van der Waals surface area contributed by atoms with Crippen molar-refractivity contribution in [2.45, 2.75) is 39.4 Å². The van der Waals surface area contributed by atoms with Gasteiger partial charge in [0.1, 0.15) is 0 Å². The zero-order valence-corrected chi connectivity index (χ0v) is 18.5. The number of aryl methyl sites for hydroxylation is 1. The second-order valence-electron chi connectivity index (χ2n) is 6.78. The van der Waals surface area contributed by atoms with Crippen LogP contribution in [0.4, 0.5) is 0 Å². The lowest BCUT2D eigenvalue weighted by Crippen LogP contribution is -2.53. The van der Waals surface area contributed by atoms with Crippen LogP contribution in [-0.2, 0) is 11.3 Å². The van der Waals surface area contributed by atoms with E-state index in [1.807, 2.05) is 7.05 Å². The maximum Gasteiger partial charge on any atom is 0.193 e. The van der Waals surface area contributed by atoms with Crippen molar-refractivity contribution >= 4 is 29.9 Å². The molecule has 0 aromatic heterocycles. The summed E-state index contributed by atoms with van der Waals surface area (Å²) in [5.74, 6) is 0.934. The van der Waals surface area contributed by atoms with E-state index in [9.17, 15) is 0 Å². The Morgan fingerprint density at radius 2 is 2.08 bits per heavy atom. The van der Waals surface area contributed by atoms with Crippen molar-refractivity contribution in [2.75, 3.05) is 40.4 Å². The molecule has 1 aliphatic heterocycles. The first-order valence-corrected chi connectivity index (χ1v) is 8.82. The molecule has 142 valence electrons. The number of nitrogens with one attached hydrogen (secondary N) is 1. The summed E-state index contributed by atoms with van der Waals surface area (Å²) >= 11 is 0. The molecule has 6 heteroatoms. The molecule has 1 fully saturated rings. The Morgan fingerprint density at radius 3 is 2.68 bits per heavy atom. The quantitative estimate of drug-likeness (QED) is 0.417. The summed E-state index contributed by atoms with van der Waals surface area (Å²) in [6.07, 6.45) is 0. The van der Waals surface area contributed by atoms with Gasteiger partial charge in [-0.1, -0.05) is 29.8 Å². The summed E-state index contributed by atoms with van der Waals surface area (Å²) in [4.78, 5) is 9.10. The molecule has 25 heavy (non-hydrogen) atoms. The van der Waals surface area contributed by atoms with Gasteiger partial charge in [-0.2, -0.15) is 0 Å². The normalized spacial score (nSPS) is 19.9. The highest BCUT2D eigenvalue weighted by atomic mass is 127. The van der Waals surface area contributed by atoms with Crippen LogP contribution < -0.4 is 5.32 Å². The number of benzene rings is 1. The zero-order valence-electron chi connectivity index (χ0n) is 16.2. The fraction of sp³-hybridized carbons (Fsp3) is 0.632. The molecule has 0 saturated carbocycles. The molecule has 1 aromatic carbocycles. The van der Waals surface area contributed by atoms with Crippen molar-refractivity contribution in [3.05, 3.63) is 35.4 Å². The highest BCUT2D eigenvalue weighted by Crippen LogP contribution is 2.10. The number of morpholine rings is 1. The van der Waals surface area contributed by atoms with E-state index in [4.69, 9.17) is 4.74 Å². The van der Waals surface area contributed by atoms with Gasteiger partial charge >= 0.3 is 0 Å². The standard InChI is InChI=1S/C19H32N4O.HI/c1-15-6-8-18(9-7-15)13-22(5)19(20-4)21-12-16(2)23-10-11-24-14-17(23)3;/h6-9,16-17H,10-14H2,1-5H3,(H,20,21);1H. The first-order chi connectivity index (χ1) is 11.5. The molecule has 1 heterocycles. The van der Waals surface area contributed by atoms with Crippen molar-refractivity contribution in [1.29, 1.82) is 0 Å². The highest BCUT2D eigenvalue weighted by molar-refractivity contribution is 14.0. The van der Waals surface area contributed by atoms with Gasteiger partial charge in [-0.25, -0.2) is 0 Å². The van der Waals surface area contributed by atoms with Crippen LogP contribution in [0.1, 0.15) is 25.0 Å². The third-order valence-corrected chi connectivity index (χ3v) is 4.65. The summed E-state index contributed by atoms with van der Waals surface area (Å²) in [6.45, 7) is 11.0. The van der Waals surface area contributed by atoms with E-state index in [-0.39, 0.29) is 24.0 Å². The lowest BCUT2D eigenvalue weighted by atomic mass is 10.1. The zero-order chi connectivity index (χ0) is 17.5. The van der Waals surface area contributed by atoms with Crippen LogP contribution in [0.25, 0.3) is 0 Å². The third-order valence-electron chi connectivity index (χ3n) is 4.65. The molecule has 2 unspecified atom stereocenters. The van der Waals surface area contributed by atoms with E-state index in [2.05, 4.69) is 72.2 Å². The Bertz CT molecular complexity index is 535. The van der Waals surface area contributed by atoms with Crippen LogP contribution in [0.3, 0.4) is 0 Å². The molecule has 2 rings (SSSR count). The number of halogens is 1. The first kappa shape index (κ1) is 22.2. The number of nitrogens with zero attached hydrogens (tertiary/aromatic N) is 3. The summed E-state index contributed by atoms with van der Waals surface area (Å²) in [7, 11) is 3.92. The number of rotatable bonds is 5. The van der Waals surface area contributed by atoms with Gasteiger partial charge in [0.2, 0.25) is 0 Å². The van der Waals surface area contributed by atoms with Gasteiger partial charge in [-0.15, -0.1) is 24.0 Å². The average molecular weight is 460 g/mol. The Balaban J connectivity index is 0.00000312. The average Bonchev–Trinajstić information content (AvgIpc) is 2.57. The van der Waals surface area contributed by atoms with E-state index in [1.165, 1.54) is 11.1 Å².